The van der Waals surface area contributed by atoms with Crippen LogP contribution in [0, 0.1) is 0 Å². The molecule has 3 aromatic rings. The summed E-state index contributed by atoms with van der Waals surface area (Å²) in [5.41, 5.74) is 1.17. The molecule has 0 unspecified atom stereocenters. The Hall–Kier alpha value is -3.80. The predicted octanol–water partition coefficient (Wildman–Crippen LogP) is 4.63. The van der Waals surface area contributed by atoms with Crippen LogP contribution in [-0.2, 0) is 4.79 Å². The Morgan fingerprint density at radius 1 is 0.786 bits per heavy atom. The molecule has 0 fully saturated rings. The van der Waals surface area contributed by atoms with Crippen molar-refractivity contribution in [3.63, 3.8) is 0 Å². The Kier molecular flexibility index (Phi) is 6.25. The molecule has 3 rings (SSSR count). The highest BCUT2D eigenvalue weighted by Crippen LogP contribution is 2.29. The largest absolute Gasteiger partial charge is 0.455 e. The number of benzene rings is 3. The van der Waals surface area contributed by atoms with Crippen LogP contribution in [0.15, 0.2) is 84.9 Å². The molecule has 28 heavy (non-hydrogen) atoms. The molecule has 0 aromatic heterocycles. The van der Waals surface area contributed by atoms with Gasteiger partial charge in [0.2, 0.25) is 5.91 Å². The Bertz CT molecular complexity index is 930. The molecule has 0 spiro atoms. The first-order chi connectivity index (χ1) is 13.6. The standard InChI is InChI=1S/C22H21N3O3/c1-16(23-22(27)24-17-10-4-2-5-11-17)21(26)25-19-14-8-9-15-20(19)28-18-12-6-3-7-13-18/h2-16H,1H3,(H,25,26)(H2,23,24,27)/t16-/m0/s1. The summed E-state index contributed by atoms with van der Waals surface area (Å²) in [6.07, 6.45) is 0. The Morgan fingerprint density at radius 2 is 1.39 bits per heavy atom. The predicted molar refractivity (Wildman–Crippen MR) is 110 cm³/mol. The molecule has 0 bridgehead atoms. The topological polar surface area (TPSA) is 79.5 Å². The number of rotatable bonds is 6. The van der Waals surface area contributed by atoms with Gasteiger partial charge in [-0.1, -0.05) is 48.5 Å². The summed E-state index contributed by atoms with van der Waals surface area (Å²) < 4.78 is 5.84. The third-order valence-corrected chi connectivity index (χ3v) is 3.89. The van der Waals surface area contributed by atoms with Gasteiger partial charge in [-0.05, 0) is 43.3 Å². The van der Waals surface area contributed by atoms with E-state index in [0.717, 1.165) is 0 Å². The van der Waals surface area contributed by atoms with Gasteiger partial charge in [-0.2, -0.15) is 0 Å². The summed E-state index contributed by atoms with van der Waals surface area (Å²) in [5, 5.41) is 8.09. The number of para-hydroxylation sites is 4. The highest BCUT2D eigenvalue weighted by atomic mass is 16.5. The average molecular weight is 375 g/mol. The lowest BCUT2D eigenvalue weighted by Gasteiger charge is -2.17. The molecule has 0 saturated carbocycles. The zero-order valence-electron chi connectivity index (χ0n) is 15.4. The van der Waals surface area contributed by atoms with Crippen molar-refractivity contribution in [3.8, 4) is 11.5 Å². The minimum Gasteiger partial charge on any atom is -0.455 e. The van der Waals surface area contributed by atoms with E-state index in [4.69, 9.17) is 4.74 Å². The lowest BCUT2D eigenvalue weighted by atomic mass is 10.2. The van der Waals surface area contributed by atoms with E-state index >= 15 is 0 Å². The van der Waals surface area contributed by atoms with E-state index in [-0.39, 0.29) is 5.91 Å². The summed E-state index contributed by atoms with van der Waals surface area (Å²) in [5.74, 6) is 0.827. The highest BCUT2D eigenvalue weighted by Gasteiger charge is 2.17. The number of hydrogen-bond donors (Lipinski definition) is 3. The number of ether oxygens (including phenoxy) is 1. The fraction of sp³-hybridized carbons (Fsp3) is 0.0909. The van der Waals surface area contributed by atoms with Gasteiger partial charge in [0.25, 0.3) is 0 Å². The van der Waals surface area contributed by atoms with Crippen molar-refractivity contribution in [2.75, 3.05) is 10.6 Å². The number of carbonyl (C=O) groups is 2. The maximum Gasteiger partial charge on any atom is 0.319 e. The Balaban J connectivity index is 1.60. The lowest BCUT2D eigenvalue weighted by molar-refractivity contribution is -0.117. The van der Waals surface area contributed by atoms with Crippen LogP contribution in [0.25, 0.3) is 0 Å². The van der Waals surface area contributed by atoms with Crippen LogP contribution in [0.2, 0.25) is 0 Å². The maximum atomic E-state index is 12.5. The van der Waals surface area contributed by atoms with Crippen molar-refractivity contribution in [1.29, 1.82) is 0 Å². The Morgan fingerprint density at radius 3 is 2.11 bits per heavy atom. The molecule has 0 aliphatic rings. The molecule has 1 atom stereocenters. The van der Waals surface area contributed by atoms with Gasteiger partial charge in [0.15, 0.2) is 5.75 Å². The summed E-state index contributed by atoms with van der Waals surface area (Å²) in [7, 11) is 0. The molecule has 3 aromatic carbocycles. The van der Waals surface area contributed by atoms with Crippen LogP contribution >= 0.6 is 0 Å². The number of nitrogens with one attached hydrogen (secondary N) is 3. The van der Waals surface area contributed by atoms with E-state index in [1.807, 2.05) is 54.6 Å². The zero-order valence-corrected chi connectivity index (χ0v) is 15.4. The minimum atomic E-state index is -0.742. The first-order valence-corrected chi connectivity index (χ1v) is 8.87. The summed E-state index contributed by atoms with van der Waals surface area (Å²) in [6.45, 7) is 1.61. The first kappa shape index (κ1) is 19.0. The average Bonchev–Trinajstić information content (AvgIpc) is 2.71. The fourth-order valence-electron chi connectivity index (χ4n) is 2.47. The molecule has 6 heteroatoms. The van der Waals surface area contributed by atoms with Crippen molar-refractivity contribution in [1.82, 2.24) is 5.32 Å². The van der Waals surface area contributed by atoms with Crippen LogP contribution in [0.1, 0.15) is 6.92 Å². The van der Waals surface area contributed by atoms with E-state index in [1.165, 1.54) is 0 Å². The van der Waals surface area contributed by atoms with Gasteiger partial charge in [-0.3, -0.25) is 4.79 Å². The molecule has 6 nitrogen and oxygen atoms in total. The van der Waals surface area contributed by atoms with Crippen molar-refractivity contribution in [2.45, 2.75) is 13.0 Å². The van der Waals surface area contributed by atoms with Crippen molar-refractivity contribution < 1.29 is 14.3 Å². The maximum absolute atomic E-state index is 12.5. The first-order valence-electron chi connectivity index (χ1n) is 8.87. The third-order valence-electron chi connectivity index (χ3n) is 3.89. The van der Waals surface area contributed by atoms with Gasteiger partial charge in [-0.25, -0.2) is 4.79 Å². The van der Waals surface area contributed by atoms with E-state index in [0.29, 0.717) is 22.9 Å². The van der Waals surface area contributed by atoms with Crippen LogP contribution < -0.4 is 20.7 Å². The van der Waals surface area contributed by atoms with E-state index < -0.39 is 12.1 Å². The van der Waals surface area contributed by atoms with Gasteiger partial charge < -0.3 is 20.7 Å². The minimum absolute atomic E-state index is 0.354. The second-order valence-electron chi connectivity index (χ2n) is 6.09. The van der Waals surface area contributed by atoms with E-state index in [9.17, 15) is 9.59 Å². The van der Waals surface area contributed by atoms with Gasteiger partial charge in [0.05, 0.1) is 5.69 Å². The fourth-order valence-corrected chi connectivity index (χ4v) is 2.47. The second kappa shape index (κ2) is 9.23. The highest BCUT2D eigenvalue weighted by molar-refractivity contribution is 5.99. The van der Waals surface area contributed by atoms with Crippen LogP contribution in [0.3, 0.4) is 0 Å². The third kappa shape index (κ3) is 5.35. The molecule has 3 amide bonds. The van der Waals surface area contributed by atoms with Crippen molar-refractivity contribution in [3.05, 3.63) is 84.9 Å². The second-order valence-corrected chi connectivity index (χ2v) is 6.09. The number of hydrogen-bond acceptors (Lipinski definition) is 3. The normalized spacial score (nSPS) is 11.2. The molecule has 142 valence electrons. The quantitative estimate of drug-likeness (QED) is 0.588. The van der Waals surface area contributed by atoms with Gasteiger partial charge in [0, 0.05) is 5.69 Å². The van der Waals surface area contributed by atoms with Gasteiger partial charge in [0.1, 0.15) is 11.8 Å². The number of anilines is 2. The molecule has 0 aliphatic carbocycles. The lowest BCUT2D eigenvalue weighted by Crippen LogP contribution is -2.43. The molecule has 0 saturated heterocycles. The summed E-state index contributed by atoms with van der Waals surface area (Å²) in [6, 6.07) is 24.2. The van der Waals surface area contributed by atoms with Crippen LogP contribution in [0.5, 0.6) is 11.5 Å². The van der Waals surface area contributed by atoms with Gasteiger partial charge in [-0.15, -0.1) is 0 Å². The van der Waals surface area contributed by atoms with E-state index in [1.54, 1.807) is 37.3 Å². The summed E-state index contributed by atoms with van der Waals surface area (Å²) >= 11 is 0. The van der Waals surface area contributed by atoms with Crippen molar-refractivity contribution in [2.24, 2.45) is 0 Å². The SMILES string of the molecule is C[C@H](NC(=O)Nc1ccccc1)C(=O)Nc1ccccc1Oc1ccccc1. The monoisotopic (exact) mass is 375 g/mol. The molecule has 3 N–H and O–H groups in total. The number of urea groups is 1. The number of amides is 3. The van der Waals surface area contributed by atoms with Crippen molar-refractivity contribution >= 4 is 23.3 Å². The Labute approximate surface area is 163 Å². The zero-order chi connectivity index (χ0) is 19.8. The van der Waals surface area contributed by atoms with Gasteiger partial charge >= 0.3 is 6.03 Å². The smallest absolute Gasteiger partial charge is 0.319 e. The molecule has 0 radical (unpaired) electrons. The van der Waals surface area contributed by atoms with Crippen LogP contribution in [-0.4, -0.2) is 18.0 Å². The van der Waals surface area contributed by atoms with Crippen LogP contribution in [0.4, 0.5) is 16.2 Å². The van der Waals surface area contributed by atoms with E-state index in [2.05, 4.69) is 16.0 Å². The molecular weight excluding hydrogens is 354 g/mol. The molecule has 0 aliphatic heterocycles. The number of carbonyl (C=O) groups excluding carboxylic acids is 2. The molecule has 0 heterocycles. The summed E-state index contributed by atoms with van der Waals surface area (Å²) in [4.78, 5) is 24.6. The molecular formula is C22H21N3O3.